The SMILES string of the molecule is COC1(OC)OCC[N]C1C. The van der Waals surface area contributed by atoms with Gasteiger partial charge in [0.25, 0.3) is 5.97 Å². The van der Waals surface area contributed by atoms with Crippen LogP contribution in [-0.4, -0.2) is 39.4 Å². The van der Waals surface area contributed by atoms with Crippen LogP contribution in [0.4, 0.5) is 0 Å². The molecule has 1 heterocycles. The van der Waals surface area contributed by atoms with Gasteiger partial charge < -0.3 is 14.2 Å². The minimum absolute atomic E-state index is 0.0637. The van der Waals surface area contributed by atoms with Crippen LogP contribution < -0.4 is 5.32 Å². The van der Waals surface area contributed by atoms with E-state index in [-0.39, 0.29) is 6.04 Å². The second-order valence-electron chi connectivity index (χ2n) is 2.44. The summed E-state index contributed by atoms with van der Waals surface area (Å²) in [5.41, 5.74) is 0. The van der Waals surface area contributed by atoms with Crippen molar-refractivity contribution in [1.29, 1.82) is 0 Å². The van der Waals surface area contributed by atoms with Crippen LogP contribution in [0.3, 0.4) is 0 Å². The Morgan fingerprint density at radius 1 is 1.45 bits per heavy atom. The van der Waals surface area contributed by atoms with Crippen molar-refractivity contribution in [3.63, 3.8) is 0 Å². The standard InChI is InChI=1S/C7H14NO3/c1-6-7(9-2,10-3)11-5-4-8-6/h6H,4-5H2,1-3H3. The number of rotatable bonds is 2. The summed E-state index contributed by atoms with van der Waals surface area (Å²) in [7, 11) is 3.11. The Hall–Kier alpha value is -0.160. The van der Waals surface area contributed by atoms with Crippen molar-refractivity contribution < 1.29 is 14.2 Å². The molecule has 1 atom stereocenters. The van der Waals surface area contributed by atoms with Crippen molar-refractivity contribution in [2.24, 2.45) is 0 Å². The molecule has 0 bridgehead atoms. The van der Waals surface area contributed by atoms with E-state index in [2.05, 4.69) is 5.32 Å². The lowest BCUT2D eigenvalue weighted by atomic mass is 10.2. The predicted molar refractivity (Wildman–Crippen MR) is 39.2 cm³/mol. The average Bonchev–Trinajstić information content (AvgIpc) is 2.06. The molecule has 0 aromatic heterocycles. The van der Waals surface area contributed by atoms with Crippen LogP contribution in [0.2, 0.25) is 0 Å². The number of hydrogen-bond donors (Lipinski definition) is 0. The molecule has 0 aromatic carbocycles. The Balaban J connectivity index is 2.61. The van der Waals surface area contributed by atoms with Crippen LogP contribution >= 0.6 is 0 Å². The minimum Gasteiger partial charge on any atom is -0.330 e. The highest BCUT2D eigenvalue weighted by Crippen LogP contribution is 2.21. The van der Waals surface area contributed by atoms with Gasteiger partial charge in [-0.2, -0.15) is 0 Å². The molecule has 1 rings (SSSR count). The van der Waals surface area contributed by atoms with Crippen molar-refractivity contribution in [2.75, 3.05) is 27.4 Å². The summed E-state index contributed by atoms with van der Waals surface area (Å²) in [6, 6.07) is -0.0637. The highest BCUT2D eigenvalue weighted by Gasteiger charge is 2.41. The van der Waals surface area contributed by atoms with Gasteiger partial charge in [-0.1, -0.05) is 0 Å². The van der Waals surface area contributed by atoms with Crippen LogP contribution in [0, 0.1) is 0 Å². The van der Waals surface area contributed by atoms with E-state index >= 15 is 0 Å². The molecular formula is C7H14NO3. The molecule has 1 aliphatic rings. The zero-order valence-electron chi connectivity index (χ0n) is 7.16. The van der Waals surface area contributed by atoms with Gasteiger partial charge in [0.1, 0.15) is 6.04 Å². The van der Waals surface area contributed by atoms with Crippen LogP contribution in [0.15, 0.2) is 0 Å². The van der Waals surface area contributed by atoms with E-state index in [9.17, 15) is 0 Å². The van der Waals surface area contributed by atoms with Gasteiger partial charge >= 0.3 is 0 Å². The average molecular weight is 160 g/mol. The molecule has 0 amide bonds. The van der Waals surface area contributed by atoms with Crippen molar-refractivity contribution in [3.8, 4) is 0 Å². The quantitative estimate of drug-likeness (QED) is 0.532. The van der Waals surface area contributed by atoms with Crippen LogP contribution in [0.1, 0.15) is 6.92 Å². The Bertz CT molecular complexity index is 125. The zero-order valence-corrected chi connectivity index (χ0v) is 7.16. The lowest BCUT2D eigenvalue weighted by Gasteiger charge is -2.38. The molecule has 1 fully saturated rings. The van der Waals surface area contributed by atoms with Crippen molar-refractivity contribution in [1.82, 2.24) is 5.32 Å². The van der Waals surface area contributed by atoms with Gasteiger partial charge in [-0.05, 0) is 6.92 Å². The first-order valence-corrected chi connectivity index (χ1v) is 3.66. The summed E-state index contributed by atoms with van der Waals surface area (Å²) in [5.74, 6) is -0.946. The molecule has 1 aliphatic heterocycles. The first kappa shape index (κ1) is 8.93. The van der Waals surface area contributed by atoms with Crippen LogP contribution in [0.5, 0.6) is 0 Å². The summed E-state index contributed by atoms with van der Waals surface area (Å²) in [6.07, 6.45) is 0. The summed E-state index contributed by atoms with van der Waals surface area (Å²) >= 11 is 0. The molecule has 11 heavy (non-hydrogen) atoms. The minimum atomic E-state index is -0.946. The predicted octanol–water partition coefficient (Wildman–Crippen LogP) is -0.0439. The lowest BCUT2D eigenvalue weighted by molar-refractivity contribution is -0.383. The molecule has 0 saturated carbocycles. The zero-order chi connectivity index (χ0) is 8.32. The number of ether oxygens (including phenoxy) is 3. The molecule has 1 unspecified atom stereocenters. The smallest absolute Gasteiger partial charge is 0.300 e. The monoisotopic (exact) mass is 160 g/mol. The van der Waals surface area contributed by atoms with E-state index in [0.717, 1.165) is 6.54 Å². The fraction of sp³-hybridized carbons (Fsp3) is 1.00. The summed E-state index contributed by atoms with van der Waals surface area (Å²) in [5, 5.41) is 4.25. The van der Waals surface area contributed by atoms with E-state index in [1.165, 1.54) is 0 Å². The van der Waals surface area contributed by atoms with Gasteiger partial charge in [-0.25, -0.2) is 5.32 Å². The van der Waals surface area contributed by atoms with Gasteiger partial charge in [0.05, 0.1) is 6.61 Å². The third kappa shape index (κ3) is 1.54. The highest BCUT2D eigenvalue weighted by molar-refractivity contribution is 4.76. The van der Waals surface area contributed by atoms with Crippen molar-refractivity contribution in [3.05, 3.63) is 0 Å². The largest absolute Gasteiger partial charge is 0.330 e. The van der Waals surface area contributed by atoms with Crippen LogP contribution in [0.25, 0.3) is 0 Å². The Morgan fingerprint density at radius 3 is 2.45 bits per heavy atom. The van der Waals surface area contributed by atoms with E-state index in [1.807, 2.05) is 6.92 Å². The fourth-order valence-corrected chi connectivity index (χ4v) is 1.21. The maximum Gasteiger partial charge on any atom is 0.300 e. The number of morpholine rings is 1. The van der Waals surface area contributed by atoms with Gasteiger partial charge in [0, 0.05) is 20.8 Å². The van der Waals surface area contributed by atoms with Gasteiger partial charge in [-0.3, -0.25) is 0 Å². The first-order chi connectivity index (χ1) is 5.25. The second-order valence-corrected chi connectivity index (χ2v) is 2.44. The second kappa shape index (κ2) is 3.49. The first-order valence-electron chi connectivity index (χ1n) is 3.66. The molecule has 1 radical (unpaired) electrons. The highest BCUT2D eigenvalue weighted by atomic mass is 16.9. The molecule has 0 aliphatic carbocycles. The maximum atomic E-state index is 5.34. The summed E-state index contributed by atoms with van der Waals surface area (Å²) < 4.78 is 15.5. The lowest BCUT2D eigenvalue weighted by Crippen LogP contribution is -2.56. The Morgan fingerprint density at radius 2 is 2.09 bits per heavy atom. The Kier molecular flexibility index (Phi) is 2.84. The molecule has 0 spiro atoms. The summed E-state index contributed by atoms with van der Waals surface area (Å²) in [6.45, 7) is 3.19. The van der Waals surface area contributed by atoms with Gasteiger partial charge in [0.15, 0.2) is 0 Å². The molecule has 4 heteroatoms. The fourth-order valence-electron chi connectivity index (χ4n) is 1.21. The van der Waals surface area contributed by atoms with E-state index < -0.39 is 5.97 Å². The topological polar surface area (TPSA) is 41.8 Å². The van der Waals surface area contributed by atoms with Gasteiger partial charge in [-0.15, -0.1) is 0 Å². The number of methoxy groups -OCH3 is 2. The van der Waals surface area contributed by atoms with Crippen molar-refractivity contribution in [2.45, 2.75) is 18.9 Å². The van der Waals surface area contributed by atoms with Crippen molar-refractivity contribution >= 4 is 0 Å². The van der Waals surface area contributed by atoms with Crippen LogP contribution in [-0.2, 0) is 14.2 Å². The molecule has 0 aromatic rings. The molecule has 65 valence electrons. The summed E-state index contributed by atoms with van der Waals surface area (Å²) in [4.78, 5) is 0. The molecular weight excluding hydrogens is 146 g/mol. The molecule has 0 N–H and O–H groups in total. The Labute approximate surface area is 66.8 Å². The number of nitrogens with zero attached hydrogens (tertiary/aromatic N) is 1. The van der Waals surface area contributed by atoms with E-state index in [4.69, 9.17) is 14.2 Å². The third-order valence-electron chi connectivity index (χ3n) is 1.88. The normalized spacial score (nSPS) is 30.3. The third-order valence-corrected chi connectivity index (χ3v) is 1.88. The van der Waals surface area contributed by atoms with E-state index in [1.54, 1.807) is 14.2 Å². The molecule has 4 nitrogen and oxygen atoms in total. The van der Waals surface area contributed by atoms with Gasteiger partial charge in [0.2, 0.25) is 0 Å². The maximum absolute atomic E-state index is 5.34. The number of hydrogen-bond acceptors (Lipinski definition) is 3. The van der Waals surface area contributed by atoms with E-state index in [0.29, 0.717) is 6.61 Å². The molecule has 1 saturated heterocycles.